The van der Waals surface area contributed by atoms with Crippen LogP contribution in [0.1, 0.15) is 32.6 Å². The lowest BCUT2D eigenvalue weighted by atomic mass is 10.0. The lowest BCUT2D eigenvalue weighted by Gasteiger charge is -2.25. The smallest absolute Gasteiger partial charge is 0.322 e. The third-order valence-corrected chi connectivity index (χ3v) is 2.94. The van der Waals surface area contributed by atoms with Gasteiger partial charge < -0.3 is 15.8 Å². The maximum absolute atomic E-state index is 5.57. The van der Waals surface area contributed by atoms with Crippen molar-refractivity contribution in [3.05, 3.63) is 0 Å². The highest BCUT2D eigenvalue weighted by molar-refractivity contribution is 5.35. The number of ether oxygens (including phenoxy) is 1. The molecule has 0 saturated heterocycles. The van der Waals surface area contributed by atoms with Gasteiger partial charge in [-0.2, -0.15) is 15.0 Å². The van der Waals surface area contributed by atoms with Crippen LogP contribution in [0.15, 0.2) is 0 Å². The van der Waals surface area contributed by atoms with Crippen LogP contribution in [0.4, 0.5) is 11.9 Å². The number of hydrogen-bond acceptors (Lipinski definition) is 6. The first-order chi connectivity index (χ1) is 7.61. The van der Waals surface area contributed by atoms with Crippen LogP contribution >= 0.6 is 0 Å². The van der Waals surface area contributed by atoms with E-state index in [2.05, 4.69) is 27.2 Å². The SMILES string of the molecule is COc1nc(N)nc(NC2(C)CCCC2)n1. The number of nitrogen functional groups attached to an aromatic ring is 1. The fourth-order valence-corrected chi connectivity index (χ4v) is 2.07. The molecule has 88 valence electrons. The van der Waals surface area contributed by atoms with Crippen LogP contribution in [0.25, 0.3) is 0 Å². The zero-order valence-corrected chi connectivity index (χ0v) is 9.66. The number of nitrogens with one attached hydrogen (secondary N) is 1. The van der Waals surface area contributed by atoms with Crippen molar-refractivity contribution in [2.24, 2.45) is 0 Å². The standard InChI is InChI=1S/C10H17N5O/c1-10(5-3-4-6-10)15-8-12-7(11)13-9(14-8)16-2/h3-6H2,1-2H3,(H3,11,12,13,14,15). The molecule has 1 aliphatic rings. The molecular formula is C10H17N5O. The third kappa shape index (κ3) is 2.32. The van der Waals surface area contributed by atoms with Gasteiger partial charge in [-0.05, 0) is 19.8 Å². The summed E-state index contributed by atoms with van der Waals surface area (Å²) in [6.45, 7) is 2.17. The summed E-state index contributed by atoms with van der Waals surface area (Å²) in [6.07, 6.45) is 4.73. The summed E-state index contributed by atoms with van der Waals surface area (Å²) in [4.78, 5) is 12.0. The topological polar surface area (TPSA) is 86.0 Å². The van der Waals surface area contributed by atoms with E-state index in [1.165, 1.54) is 20.0 Å². The van der Waals surface area contributed by atoms with Gasteiger partial charge in [0, 0.05) is 5.54 Å². The normalized spacial score (nSPS) is 18.4. The van der Waals surface area contributed by atoms with Crippen LogP contribution in [0, 0.1) is 0 Å². The minimum atomic E-state index is 0.0683. The van der Waals surface area contributed by atoms with E-state index in [-0.39, 0.29) is 17.5 Å². The van der Waals surface area contributed by atoms with Gasteiger partial charge in [0.2, 0.25) is 11.9 Å². The monoisotopic (exact) mass is 223 g/mol. The molecule has 16 heavy (non-hydrogen) atoms. The van der Waals surface area contributed by atoms with Crippen LogP contribution in [0.5, 0.6) is 6.01 Å². The van der Waals surface area contributed by atoms with E-state index in [0.717, 1.165) is 12.8 Å². The maximum atomic E-state index is 5.57. The Bertz CT molecular complexity index is 375. The zero-order chi connectivity index (χ0) is 11.6. The molecular weight excluding hydrogens is 206 g/mol. The molecule has 0 atom stereocenters. The van der Waals surface area contributed by atoms with Crippen molar-refractivity contribution in [1.29, 1.82) is 0 Å². The Morgan fingerprint density at radius 3 is 2.56 bits per heavy atom. The fourth-order valence-electron chi connectivity index (χ4n) is 2.07. The summed E-state index contributed by atoms with van der Waals surface area (Å²) in [6, 6.07) is 0.247. The van der Waals surface area contributed by atoms with Gasteiger partial charge in [0.1, 0.15) is 0 Å². The first-order valence-electron chi connectivity index (χ1n) is 5.45. The molecule has 1 saturated carbocycles. The lowest BCUT2D eigenvalue weighted by Crippen LogP contribution is -2.32. The van der Waals surface area contributed by atoms with Crippen LogP contribution in [-0.4, -0.2) is 27.6 Å². The van der Waals surface area contributed by atoms with E-state index in [9.17, 15) is 0 Å². The van der Waals surface area contributed by atoms with Crippen molar-refractivity contribution in [3.8, 4) is 6.01 Å². The number of methoxy groups -OCH3 is 1. The summed E-state index contributed by atoms with van der Waals surface area (Å²) in [7, 11) is 1.51. The minimum Gasteiger partial charge on any atom is -0.467 e. The summed E-state index contributed by atoms with van der Waals surface area (Å²) >= 11 is 0. The summed E-state index contributed by atoms with van der Waals surface area (Å²) in [5.41, 5.74) is 5.64. The number of rotatable bonds is 3. The van der Waals surface area contributed by atoms with Crippen molar-refractivity contribution >= 4 is 11.9 Å². The average Bonchev–Trinajstić information content (AvgIpc) is 2.63. The van der Waals surface area contributed by atoms with Gasteiger partial charge >= 0.3 is 6.01 Å². The highest BCUT2D eigenvalue weighted by Gasteiger charge is 2.29. The number of aromatic nitrogens is 3. The quantitative estimate of drug-likeness (QED) is 0.801. The number of nitrogens with zero attached hydrogens (tertiary/aromatic N) is 3. The molecule has 3 N–H and O–H groups in total. The first kappa shape index (κ1) is 10.9. The van der Waals surface area contributed by atoms with Gasteiger partial charge in [-0.25, -0.2) is 0 Å². The molecule has 1 fully saturated rings. The zero-order valence-electron chi connectivity index (χ0n) is 9.66. The van der Waals surface area contributed by atoms with Gasteiger partial charge in [0.05, 0.1) is 7.11 Å². The van der Waals surface area contributed by atoms with Gasteiger partial charge in [-0.15, -0.1) is 0 Å². The first-order valence-corrected chi connectivity index (χ1v) is 5.45. The highest BCUT2D eigenvalue weighted by atomic mass is 16.5. The molecule has 0 amide bonds. The Balaban J connectivity index is 2.17. The predicted molar refractivity (Wildman–Crippen MR) is 61.3 cm³/mol. The minimum absolute atomic E-state index is 0.0683. The highest BCUT2D eigenvalue weighted by Crippen LogP contribution is 2.31. The summed E-state index contributed by atoms with van der Waals surface area (Å²) in [5, 5.41) is 3.31. The van der Waals surface area contributed by atoms with Crippen LogP contribution < -0.4 is 15.8 Å². The predicted octanol–water partition coefficient (Wildman–Crippen LogP) is 1.21. The number of hydrogen-bond donors (Lipinski definition) is 2. The second-order valence-corrected chi connectivity index (χ2v) is 4.40. The maximum Gasteiger partial charge on any atom is 0.322 e. The van der Waals surface area contributed by atoms with E-state index in [1.807, 2.05) is 0 Å². The lowest BCUT2D eigenvalue weighted by molar-refractivity contribution is 0.379. The molecule has 0 radical (unpaired) electrons. The molecule has 0 spiro atoms. The molecule has 6 nitrogen and oxygen atoms in total. The van der Waals surface area contributed by atoms with Crippen molar-refractivity contribution in [3.63, 3.8) is 0 Å². The van der Waals surface area contributed by atoms with Crippen molar-refractivity contribution in [1.82, 2.24) is 15.0 Å². The van der Waals surface area contributed by atoms with Crippen molar-refractivity contribution < 1.29 is 4.74 Å². The summed E-state index contributed by atoms with van der Waals surface area (Å²) < 4.78 is 4.95. The summed E-state index contributed by atoms with van der Waals surface area (Å²) in [5.74, 6) is 0.671. The average molecular weight is 223 g/mol. The molecule has 0 unspecified atom stereocenters. The largest absolute Gasteiger partial charge is 0.467 e. The molecule has 6 heteroatoms. The molecule has 1 heterocycles. The van der Waals surface area contributed by atoms with Gasteiger partial charge in [0.25, 0.3) is 0 Å². The molecule has 2 rings (SSSR count). The van der Waals surface area contributed by atoms with E-state index < -0.39 is 0 Å². The fraction of sp³-hybridized carbons (Fsp3) is 0.700. The Labute approximate surface area is 94.6 Å². The molecule has 0 aromatic carbocycles. The van der Waals surface area contributed by atoms with E-state index in [4.69, 9.17) is 10.5 Å². The van der Waals surface area contributed by atoms with E-state index in [0.29, 0.717) is 5.95 Å². The Morgan fingerprint density at radius 2 is 1.94 bits per heavy atom. The molecule has 0 bridgehead atoms. The Kier molecular flexibility index (Phi) is 2.80. The molecule has 1 aromatic rings. The van der Waals surface area contributed by atoms with Gasteiger partial charge in [0.15, 0.2) is 0 Å². The Morgan fingerprint density at radius 1 is 1.25 bits per heavy atom. The number of anilines is 2. The second kappa shape index (κ2) is 4.11. The van der Waals surface area contributed by atoms with Crippen LogP contribution in [-0.2, 0) is 0 Å². The van der Waals surface area contributed by atoms with Gasteiger partial charge in [-0.1, -0.05) is 12.8 Å². The molecule has 0 aliphatic heterocycles. The van der Waals surface area contributed by atoms with E-state index in [1.54, 1.807) is 0 Å². The molecule has 1 aromatic heterocycles. The van der Waals surface area contributed by atoms with Crippen LogP contribution in [0.2, 0.25) is 0 Å². The third-order valence-electron chi connectivity index (χ3n) is 2.94. The second-order valence-electron chi connectivity index (χ2n) is 4.40. The van der Waals surface area contributed by atoms with Crippen LogP contribution in [0.3, 0.4) is 0 Å². The van der Waals surface area contributed by atoms with Gasteiger partial charge in [-0.3, -0.25) is 0 Å². The number of nitrogens with two attached hydrogens (primary N) is 1. The molecule has 1 aliphatic carbocycles. The van der Waals surface area contributed by atoms with Crippen molar-refractivity contribution in [2.45, 2.75) is 38.1 Å². The van der Waals surface area contributed by atoms with Crippen molar-refractivity contribution in [2.75, 3.05) is 18.2 Å². The Hall–Kier alpha value is -1.59. The van der Waals surface area contributed by atoms with E-state index >= 15 is 0 Å².